The molecule has 0 aliphatic heterocycles. The van der Waals surface area contributed by atoms with E-state index in [1.165, 1.54) is 7.11 Å². The fourth-order valence-corrected chi connectivity index (χ4v) is 5.62. The standard InChI is InChI=1S/C24H28Cl2F3N5O/c1-13-10-20(33(9-8-30)16-6-4-15(5-7-16)24(27,28)29)34-23(31-13)21(14(2)32-34)22-18(25)11-17(35-3)12-19(22)26/h10-12,15-16H,4-9,30H2,1-3H3. The molecule has 1 fully saturated rings. The van der Waals surface area contributed by atoms with Crippen LogP contribution in [0.5, 0.6) is 5.75 Å². The molecule has 190 valence electrons. The van der Waals surface area contributed by atoms with Crippen LogP contribution in [-0.4, -0.2) is 47.0 Å². The SMILES string of the molecule is COc1cc(Cl)c(-c2c(C)nn3c(N(CCN)C4CCC(C(F)(F)F)CC4)cc(C)nc23)c(Cl)c1. The van der Waals surface area contributed by atoms with E-state index in [9.17, 15) is 13.2 Å². The molecule has 3 aromatic rings. The maximum Gasteiger partial charge on any atom is 0.391 e. The Balaban J connectivity index is 1.81. The number of nitrogens with two attached hydrogens (primary N) is 1. The van der Waals surface area contributed by atoms with E-state index in [1.54, 1.807) is 16.6 Å². The van der Waals surface area contributed by atoms with Gasteiger partial charge in [-0.05, 0) is 51.7 Å². The number of ether oxygens (including phenoxy) is 1. The Kier molecular flexibility index (Phi) is 7.41. The quantitative estimate of drug-likeness (QED) is 0.410. The van der Waals surface area contributed by atoms with E-state index in [0.717, 1.165) is 11.5 Å². The van der Waals surface area contributed by atoms with Gasteiger partial charge in [-0.2, -0.15) is 22.8 Å². The maximum absolute atomic E-state index is 13.2. The Hall–Kier alpha value is -2.23. The number of benzene rings is 1. The van der Waals surface area contributed by atoms with Crippen molar-refractivity contribution in [2.45, 2.75) is 51.7 Å². The van der Waals surface area contributed by atoms with Gasteiger partial charge in [0.2, 0.25) is 0 Å². The van der Waals surface area contributed by atoms with Gasteiger partial charge in [0.25, 0.3) is 0 Å². The largest absolute Gasteiger partial charge is 0.497 e. The highest BCUT2D eigenvalue weighted by Crippen LogP contribution is 2.43. The number of methoxy groups -OCH3 is 1. The minimum absolute atomic E-state index is 0.0803. The van der Waals surface area contributed by atoms with Crippen LogP contribution in [0.3, 0.4) is 0 Å². The van der Waals surface area contributed by atoms with Crippen molar-refractivity contribution in [2.75, 3.05) is 25.1 Å². The lowest BCUT2D eigenvalue weighted by molar-refractivity contribution is -0.182. The molecule has 0 radical (unpaired) electrons. The van der Waals surface area contributed by atoms with E-state index in [-0.39, 0.29) is 18.9 Å². The summed E-state index contributed by atoms with van der Waals surface area (Å²) in [4.78, 5) is 6.81. The number of aryl methyl sites for hydroxylation is 2. The summed E-state index contributed by atoms with van der Waals surface area (Å²) in [5.74, 6) is 0.0189. The predicted octanol–water partition coefficient (Wildman–Crippen LogP) is 6.21. The van der Waals surface area contributed by atoms with E-state index in [1.807, 2.05) is 19.9 Å². The number of hydrogen-bond donors (Lipinski definition) is 1. The molecule has 1 aliphatic carbocycles. The van der Waals surface area contributed by atoms with Gasteiger partial charge in [0, 0.05) is 36.5 Å². The van der Waals surface area contributed by atoms with Crippen LogP contribution in [-0.2, 0) is 0 Å². The molecule has 2 N–H and O–H groups in total. The number of nitrogens with zero attached hydrogens (tertiary/aromatic N) is 4. The number of halogens is 5. The summed E-state index contributed by atoms with van der Waals surface area (Å²) in [5, 5.41) is 5.56. The Labute approximate surface area is 212 Å². The Morgan fingerprint density at radius 1 is 1.09 bits per heavy atom. The molecule has 4 rings (SSSR count). The molecule has 2 heterocycles. The molecule has 0 unspecified atom stereocenters. The van der Waals surface area contributed by atoms with Crippen molar-refractivity contribution in [2.24, 2.45) is 11.7 Å². The van der Waals surface area contributed by atoms with Crippen LogP contribution in [0.15, 0.2) is 18.2 Å². The normalized spacial score (nSPS) is 18.8. The molecule has 2 aromatic heterocycles. The number of rotatable bonds is 6. The van der Waals surface area contributed by atoms with Gasteiger partial charge in [0.05, 0.1) is 34.3 Å². The number of fused-ring (bicyclic) bond motifs is 1. The van der Waals surface area contributed by atoms with Gasteiger partial charge in [-0.1, -0.05) is 23.2 Å². The summed E-state index contributed by atoms with van der Waals surface area (Å²) < 4.78 is 46.7. The van der Waals surface area contributed by atoms with E-state index in [2.05, 4.69) is 4.90 Å². The molecule has 0 atom stereocenters. The van der Waals surface area contributed by atoms with E-state index in [0.29, 0.717) is 64.2 Å². The van der Waals surface area contributed by atoms with Gasteiger partial charge in [-0.25, -0.2) is 4.98 Å². The summed E-state index contributed by atoms with van der Waals surface area (Å²) in [6.45, 7) is 4.55. The first-order valence-electron chi connectivity index (χ1n) is 11.5. The van der Waals surface area contributed by atoms with Crippen LogP contribution in [0.1, 0.15) is 37.1 Å². The third-order valence-corrected chi connectivity index (χ3v) is 7.24. The van der Waals surface area contributed by atoms with Crippen molar-refractivity contribution in [1.82, 2.24) is 14.6 Å². The minimum Gasteiger partial charge on any atom is -0.497 e. The van der Waals surface area contributed by atoms with Crippen molar-refractivity contribution in [3.63, 3.8) is 0 Å². The highest BCUT2D eigenvalue weighted by molar-refractivity contribution is 6.39. The van der Waals surface area contributed by atoms with Crippen LogP contribution >= 0.6 is 23.2 Å². The predicted molar refractivity (Wildman–Crippen MR) is 133 cm³/mol. The van der Waals surface area contributed by atoms with Gasteiger partial charge in [0.15, 0.2) is 5.65 Å². The van der Waals surface area contributed by atoms with Crippen molar-refractivity contribution in [3.05, 3.63) is 39.6 Å². The fourth-order valence-electron chi connectivity index (χ4n) is 4.97. The Morgan fingerprint density at radius 2 is 1.71 bits per heavy atom. The topological polar surface area (TPSA) is 68.7 Å². The zero-order valence-corrected chi connectivity index (χ0v) is 21.3. The molecule has 0 amide bonds. The molecule has 1 aliphatic rings. The summed E-state index contributed by atoms with van der Waals surface area (Å²) >= 11 is 13.2. The van der Waals surface area contributed by atoms with Crippen molar-refractivity contribution >= 4 is 34.7 Å². The van der Waals surface area contributed by atoms with Crippen LogP contribution in [0, 0.1) is 19.8 Å². The molecular weight excluding hydrogens is 502 g/mol. The summed E-state index contributed by atoms with van der Waals surface area (Å²) in [7, 11) is 1.54. The first-order valence-corrected chi connectivity index (χ1v) is 12.2. The zero-order chi connectivity index (χ0) is 25.5. The van der Waals surface area contributed by atoms with Crippen molar-refractivity contribution < 1.29 is 17.9 Å². The molecule has 1 saturated carbocycles. The van der Waals surface area contributed by atoms with Gasteiger partial charge in [-0.15, -0.1) is 0 Å². The van der Waals surface area contributed by atoms with Gasteiger partial charge in [-0.3, -0.25) is 0 Å². The second kappa shape index (κ2) is 10.0. The monoisotopic (exact) mass is 529 g/mol. The second-order valence-corrected chi connectivity index (χ2v) is 9.76. The van der Waals surface area contributed by atoms with E-state index >= 15 is 0 Å². The third-order valence-electron chi connectivity index (χ3n) is 6.64. The summed E-state index contributed by atoms with van der Waals surface area (Å²) in [5.41, 5.74) is 9.20. The van der Waals surface area contributed by atoms with E-state index in [4.69, 9.17) is 43.8 Å². The maximum atomic E-state index is 13.2. The van der Waals surface area contributed by atoms with Gasteiger partial charge in [0.1, 0.15) is 11.6 Å². The lowest BCUT2D eigenvalue weighted by Crippen LogP contribution is -2.43. The summed E-state index contributed by atoms with van der Waals surface area (Å²) in [6.07, 6.45) is -3.10. The fraction of sp³-hybridized carbons (Fsp3) is 0.500. The smallest absolute Gasteiger partial charge is 0.391 e. The lowest BCUT2D eigenvalue weighted by atomic mass is 9.85. The Bertz CT molecular complexity index is 1200. The van der Waals surface area contributed by atoms with Gasteiger partial charge >= 0.3 is 6.18 Å². The van der Waals surface area contributed by atoms with Gasteiger partial charge < -0.3 is 15.4 Å². The van der Waals surface area contributed by atoms with Crippen molar-refractivity contribution in [1.29, 1.82) is 0 Å². The third kappa shape index (κ3) is 5.04. The van der Waals surface area contributed by atoms with Crippen LogP contribution in [0.2, 0.25) is 10.0 Å². The van der Waals surface area contributed by atoms with E-state index < -0.39 is 12.1 Å². The first kappa shape index (κ1) is 25.9. The van der Waals surface area contributed by atoms with Crippen LogP contribution in [0.4, 0.5) is 19.0 Å². The molecule has 0 spiro atoms. The van der Waals surface area contributed by atoms with Crippen molar-refractivity contribution in [3.8, 4) is 16.9 Å². The Morgan fingerprint density at radius 3 is 2.26 bits per heavy atom. The zero-order valence-electron chi connectivity index (χ0n) is 19.8. The molecule has 0 bridgehead atoms. The molecule has 11 heteroatoms. The highest BCUT2D eigenvalue weighted by Gasteiger charge is 2.42. The molecule has 35 heavy (non-hydrogen) atoms. The average molecular weight is 530 g/mol. The number of aromatic nitrogens is 3. The minimum atomic E-state index is -4.16. The van der Waals surface area contributed by atoms with Crippen LogP contribution < -0.4 is 15.4 Å². The molecule has 1 aromatic carbocycles. The highest BCUT2D eigenvalue weighted by atomic mass is 35.5. The number of alkyl halides is 3. The average Bonchev–Trinajstić information content (AvgIpc) is 3.11. The number of hydrogen-bond acceptors (Lipinski definition) is 5. The number of anilines is 1. The molecular formula is C24H28Cl2F3N5O. The first-order chi connectivity index (χ1) is 16.5. The molecule has 6 nitrogen and oxygen atoms in total. The molecule has 0 saturated heterocycles. The lowest BCUT2D eigenvalue weighted by Gasteiger charge is -2.38. The van der Waals surface area contributed by atoms with Crippen LogP contribution in [0.25, 0.3) is 16.8 Å². The second-order valence-electron chi connectivity index (χ2n) is 8.95. The summed E-state index contributed by atoms with van der Waals surface area (Å²) in [6, 6.07) is 5.18.